The topological polar surface area (TPSA) is 62.1 Å². The molecule has 0 aliphatic heterocycles. The minimum Gasteiger partial charge on any atom is -0.496 e. The van der Waals surface area contributed by atoms with Gasteiger partial charge in [0.15, 0.2) is 5.78 Å². The third kappa shape index (κ3) is 6.28. The van der Waals surface area contributed by atoms with Crippen molar-refractivity contribution in [1.82, 2.24) is 9.38 Å². The van der Waals surface area contributed by atoms with Gasteiger partial charge in [-0.3, -0.25) is 9.20 Å². The zero-order valence-corrected chi connectivity index (χ0v) is 22.3. The van der Waals surface area contributed by atoms with Gasteiger partial charge in [0.05, 0.1) is 36.8 Å². The van der Waals surface area contributed by atoms with E-state index in [9.17, 15) is 9.18 Å². The van der Waals surface area contributed by atoms with Gasteiger partial charge in [-0.05, 0) is 74.6 Å². The maximum Gasteiger partial charge on any atom is 0.218 e. The molecule has 3 aromatic rings. The van der Waals surface area contributed by atoms with Crippen LogP contribution in [-0.4, -0.2) is 35.2 Å². The van der Waals surface area contributed by atoms with Crippen LogP contribution < -0.4 is 4.74 Å². The largest absolute Gasteiger partial charge is 0.496 e. The molecule has 1 aromatic carbocycles. The van der Waals surface area contributed by atoms with Crippen LogP contribution >= 0.6 is 0 Å². The Morgan fingerprint density at radius 1 is 1.32 bits per heavy atom. The van der Waals surface area contributed by atoms with Gasteiger partial charge in [0.1, 0.15) is 11.4 Å². The van der Waals surface area contributed by atoms with Crippen LogP contribution in [0.5, 0.6) is 5.75 Å². The fourth-order valence-corrected chi connectivity index (χ4v) is 4.75. The van der Waals surface area contributed by atoms with Gasteiger partial charge in [-0.15, -0.1) is 0 Å². The van der Waals surface area contributed by atoms with Crippen molar-refractivity contribution in [1.29, 1.82) is 0 Å². The number of hydrogen-bond acceptors (Lipinski definition) is 5. The van der Waals surface area contributed by atoms with Crippen molar-refractivity contribution in [3.05, 3.63) is 66.0 Å². The zero-order valence-electron chi connectivity index (χ0n) is 22.3. The van der Waals surface area contributed by atoms with Crippen LogP contribution in [0.1, 0.15) is 74.4 Å². The van der Waals surface area contributed by atoms with Gasteiger partial charge in [-0.25, -0.2) is 9.37 Å². The third-order valence-corrected chi connectivity index (χ3v) is 6.99. The lowest BCUT2D eigenvalue weighted by Gasteiger charge is -2.25. The molecule has 37 heavy (non-hydrogen) atoms. The number of carbonyl (C=O) groups excluding carboxylic acids is 1. The first-order valence-electron chi connectivity index (χ1n) is 13.0. The molecule has 0 spiro atoms. The highest BCUT2D eigenvalue weighted by Gasteiger charge is 2.25. The number of benzene rings is 1. The molecule has 4 rings (SSSR count). The smallest absolute Gasteiger partial charge is 0.218 e. The Kier molecular flexibility index (Phi) is 8.45. The Balaban J connectivity index is 1.71. The molecule has 1 aliphatic rings. The number of ether oxygens (including phenoxy) is 3. The summed E-state index contributed by atoms with van der Waals surface area (Å²) in [5.41, 5.74) is 4.01. The van der Waals surface area contributed by atoms with Crippen LogP contribution in [0.2, 0.25) is 0 Å². The van der Waals surface area contributed by atoms with Gasteiger partial charge in [0.2, 0.25) is 6.36 Å². The Hall–Kier alpha value is -3.03. The SMILES string of the molecule is C=CC(F)OCc1cc(-c2cnc3cc(C(C)(C)OCC)ccn23)cc(OC)c1C(=O)CCCC1CC1. The Morgan fingerprint density at radius 3 is 2.78 bits per heavy atom. The fraction of sp³-hybridized carbons (Fsp3) is 0.467. The van der Waals surface area contributed by atoms with Crippen LogP contribution in [0.4, 0.5) is 4.39 Å². The van der Waals surface area contributed by atoms with E-state index in [0.29, 0.717) is 29.9 Å². The van der Waals surface area contributed by atoms with Crippen molar-refractivity contribution in [2.24, 2.45) is 5.92 Å². The first-order valence-corrected chi connectivity index (χ1v) is 13.0. The molecule has 2 aromatic heterocycles. The summed E-state index contributed by atoms with van der Waals surface area (Å²) in [7, 11) is 1.54. The first-order chi connectivity index (χ1) is 17.8. The van der Waals surface area contributed by atoms with Gasteiger partial charge in [0, 0.05) is 24.8 Å². The van der Waals surface area contributed by atoms with E-state index in [4.69, 9.17) is 14.2 Å². The molecule has 198 valence electrons. The zero-order chi connectivity index (χ0) is 26.6. The highest BCUT2D eigenvalue weighted by atomic mass is 19.1. The quantitative estimate of drug-likeness (QED) is 0.173. The Morgan fingerprint density at radius 2 is 2.11 bits per heavy atom. The molecule has 0 bridgehead atoms. The van der Waals surface area contributed by atoms with Gasteiger partial charge >= 0.3 is 0 Å². The average Bonchev–Trinajstić information content (AvgIpc) is 3.62. The molecule has 0 amide bonds. The molecule has 0 N–H and O–H groups in total. The van der Waals surface area contributed by atoms with Crippen molar-refractivity contribution in [3.63, 3.8) is 0 Å². The number of fused-ring (bicyclic) bond motifs is 1. The van der Waals surface area contributed by atoms with Gasteiger partial charge in [-0.1, -0.05) is 25.8 Å². The molecule has 2 heterocycles. The normalized spacial score (nSPS) is 14.6. The Bertz CT molecular complexity index is 1260. The van der Waals surface area contributed by atoms with Crippen molar-refractivity contribution in [3.8, 4) is 17.0 Å². The van der Waals surface area contributed by atoms with E-state index in [2.05, 4.69) is 11.6 Å². The van der Waals surface area contributed by atoms with E-state index < -0.39 is 12.0 Å². The molecular formula is C30H37FN2O4. The monoisotopic (exact) mass is 508 g/mol. The van der Waals surface area contributed by atoms with E-state index in [-0.39, 0.29) is 12.4 Å². The summed E-state index contributed by atoms with van der Waals surface area (Å²) >= 11 is 0. The number of pyridine rings is 1. The number of imidazole rings is 1. The fourth-order valence-electron chi connectivity index (χ4n) is 4.75. The second-order valence-corrected chi connectivity index (χ2v) is 10.1. The summed E-state index contributed by atoms with van der Waals surface area (Å²) in [6.07, 6.45) is 8.04. The van der Waals surface area contributed by atoms with E-state index in [1.54, 1.807) is 13.3 Å². The van der Waals surface area contributed by atoms with Crippen molar-refractivity contribution >= 4 is 11.4 Å². The van der Waals surface area contributed by atoms with E-state index in [1.807, 2.05) is 55.6 Å². The van der Waals surface area contributed by atoms with E-state index in [0.717, 1.165) is 47.3 Å². The number of halogens is 1. The van der Waals surface area contributed by atoms with Gasteiger partial charge < -0.3 is 14.2 Å². The lowest BCUT2D eigenvalue weighted by molar-refractivity contribution is -0.0143. The standard InChI is InChI=1S/C30H37FN2O4/c1-6-27(31)36-19-22-15-21(16-26(35-5)29(22)25(34)10-8-9-20-11-12-20)24-18-32-28-17-23(13-14-33(24)28)30(3,4)37-7-2/h6,13-18,20,27H,1,7-12,19H2,2-5H3. The minimum atomic E-state index is -1.63. The van der Waals surface area contributed by atoms with Crippen molar-refractivity contribution < 1.29 is 23.4 Å². The molecule has 6 nitrogen and oxygen atoms in total. The number of methoxy groups -OCH3 is 1. The maximum atomic E-state index is 13.9. The lowest BCUT2D eigenvalue weighted by atomic mass is 9.95. The number of alkyl halides is 1. The first kappa shape index (κ1) is 27.0. The average molecular weight is 509 g/mol. The minimum absolute atomic E-state index is 0.0161. The van der Waals surface area contributed by atoms with Crippen molar-refractivity contribution in [2.75, 3.05) is 13.7 Å². The molecule has 0 saturated heterocycles. The molecule has 1 fully saturated rings. The predicted molar refractivity (Wildman–Crippen MR) is 143 cm³/mol. The summed E-state index contributed by atoms with van der Waals surface area (Å²) in [4.78, 5) is 17.9. The number of ketones is 1. The van der Waals surface area contributed by atoms with Crippen LogP contribution in [0.15, 0.2) is 49.3 Å². The Labute approximate surface area is 218 Å². The number of aromatic nitrogens is 2. The van der Waals surface area contributed by atoms with E-state index in [1.165, 1.54) is 12.8 Å². The number of carbonyl (C=O) groups is 1. The van der Waals surface area contributed by atoms with Gasteiger partial charge in [-0.2, -0.15) is 0 Å². The number of Topliss-reactive ketones (excluding diaryl/α,β-unsaturated/α-hetero) is 1. The number of nitrogens with zero attached hydrogens (tertiary/aromatic N) is 2. The summed E-state index contributed by atoms with van der Waals surface area (Å²) in [5.74, 6) is 1.19. The highest BCUT2D eigenvalue weighted by Crippen LogP contribution is 2.36. The maximum absolute atomic E-state index is 13.9. The third-order valence-electron chi connectivity index (χ3n) is 6.99. The number of hydrogen-bond donors (Lipinski definition) is 0. The highest BCUT2D eigenvalue weighted by molar-refractivity contribution is 6.00. The number of rotatable bonds is 14. The van der Waals surface area contributed by atoms with Crippen LogP contribution in [-0.2, 0) is 21.7 Å². The van der Waals surface area contributed by atoms with Crippen LogP contribution in [0.25, 0.3) is 16.9 Å². The summed E-state index contributed by atoms with van der Waals surface area (Å²) in [5, 5.41) is 0. The second kappa shape index (κ2) is 11.6. The predicted octanol–water partition coefficient (Wildman–Crippen LogP) is 7.04. The summed E-state index contributed by atoms with van der Waals surface area (Å²) in [6.45, 7) is 10.0. The molecule has 1 atom stereocenters. The van der Waals surface area contributed by atoms with Crippen molar-refractivity contribution in [2.45, 2.75) is 71.4 Å². The molecule has 0 radical (unpaired) electrons. The molecule has 7 heteroatoms. The lowest BCUT2D eigenvalue weighted by Crippen LogP contribution is -2.21. The molecule has 1 saturated carbocycles. The molecule has 1 aliphatic carbocycles. The van der Waals surface area contributed by atoms with Crippen LogP contribution in [0.3, 0.4) is 0 Å². The van der Waals surface area contributed by atoms with Gasteiger partial charge in [0.25, 0.3) is 0 Å². The molecular weight excluding hydrogens is 471 g/mol. The van der Waals surface area contributed by atoms with E-state index >= 15 is 0 Å². The summed E-state index contributed by atoms with van der Waals surface area (Å²) < 4.78 is 32.8. The summed E-state index contributed by atoms with van der Waals surface area (Å²) in [6, 6.07) is 7.74. The second-order valence-electron chi connectivity index (χ2n) is 10.1. The molecule has 1 unspecified atom stereocenters. The van der Waals surface area contributed by atoms with Crippen LogP contribution in [0, 0.1) is 5.92 Å².